The van der Waals surface area contributed by atoms with Crippen molar-refractivity contribution >= 4 is 0 Å². The van der Waals surface area contributed by atoms with E-state index in [1.54, 1.807) is 0 Å². The zero-order valence-electron chi connectivity index (χ0n) is 5.79. The van der Waals surface area contributed by atoms with Crippen LogP contribution in [0.5, 0.6) is 0 Å². The highest BCUT2D eigenvalue weighted by atomic mass is 19.3. The SMILES string of the molecule is CC(F)C(C)C(C)(F)F. The van der Waals surface area contributed by atoms with Crippen molar-refractivity contribution in [3.63, 3.8) is 0 Å². The highest BCUT2D eigenvalue weighted by Gasteiger charge is 2.34. The summed E-state index contributed by atoms with van der Waals surface area (Å²) in [6, 6.07) is 0. The van der Waals surface area contributed by atoms with Gasteiger partial charge in [0, 0.05) is 0 Å². The van der Waals surface area contributed by atoms with Gasteiger partial charge in [-0.3, -0.25) is 0 Å². The molecule has 56 valence electrons. The summed E-state index contributed by atoms with van der Waals surface area (Å²) < 4.78 is 36.4. The first-order valence-corrected chi connectivity index (χ1v) is 2.87. The number of halogens is 3. The van der Waals surface area contributed by atoms with Crippen LogP contribution >= 0.6 is 0 Å². The summed E-state index contributed by atoms with van der Waals surface area (Å²) in [6.07, 6.45) is -1.44. The van der Waals surface area contributed by atoms with Gasteiger partial charge in [-0.15, -0.1) is 0 Å². The minimum absolute atomic E-state index is 0.730. The predicted octanol–water partition coefficient (Wildman–Crippen LogP) is 2.64. The summed E-state index contributed by atoms with van der Waals surface area (Å²) in [7, 11) is 0. The summed E-state index contributed by atoms with van der Waals surface area (Å²) in [4.78, 5) is 0. The molecule has 0 aliphatic carbocycles. The minimum atomic E-state index is -2.89. The summed E-state index contributed by atoms with van der Waals surface area (Å²) >= 11 is 0. The van der Waals surface area contributed by atoms with Crippen molar-refractivity contribution in [3.05, 3.63) is 0 Å². The van der Waals surface area contributed by atoms with Gasteiger partial charge in [0.25, 0.3) is 5.92 Å². The van der Waals surface area contributed by atoms with Crippen LogP contribution in [-0.2, 0) is 0 Å². The average Bonchev–Trinajstić information content (AvgIpc) is 1.62. The van der Waals surface area contributed by atoms with Crippen LogP contribution < -0.4 is 0 Å². The maximum absolute atomic E-state index is 12.1. The molecule has 0 aromatic heterocycles. The van der Waals surface area contributed by atoms with Gasteiger partial charge in [0.05, 0.1) is 5.92 Å². The molecule has 0 amide bonds. The van der Waals surface area contributed by atoms with Crippen molar-refractivity contribution in [2.45, 2.75) is 32.9 Å². The minimum Gasteiger partial charge on any atom is -0.247 e. The topological polar surface area (TPSA) is 0 Å². The first-order chi connectivity index (χ1) is 3.85. The van der Waals surface area contributed by atoms with Crippen molar-refractivity contribution in [1.29, 1.82) is 0 Å². The van der Waals surface area contributed by atoms with Gasteiger partial charge in [-0.2, -0.15) is 0 Å². The van der Waals surface area contributed by atoms with Crippen LogP contribution in [0.15, 0.2) is 0 Å². The van der Waals surface area contributed by atoms with Crippen LogP contribution in [-0.4, -0.2) is 12.1 Å². The van der Waals surface area contributed by atoms with E-state index in [0.717, 1.165) is 13.8 Å². The lowest BCUT2D eigenvalue weighted by Crippen LogP contribution is -2.28. The fraction of sp³-hybridized carbons (Fsp3) is 1.00. The highest BCUT2D eigenvalue weighted by molar-refractivity contribution is 4.72. The molecule has 0 aromatic carbocycles. The number of hydrogen-bond donors (Lipinski definition) is 0. The van der Waals surface area contributed by atoms with Gasteiger partial charge in [-0.05, 0) is 13.8 Å². The molecular formula is C6H11F3. The maximum Gasteiger partial charge on any atom is 0.250 e. The monoisotopic (exact) mass is 140 g/mol. The Morgan fingerprint density at radius 1 is 1.22 bits per heavy atom. The van der Waals surface area contributed by atoms with E-state index in [2.05, 4.69) is 0 Å². The molecule has 0 aromatic rings. The first-order valence-electron chi connectivity index (χ1n) is 2.87. The lowest BCUT2D eigenvalue weighted by Gasteiger charge is -2.19. The molecule has 0 N–H and O–H groups in total. The van der Waals surface area contributed by atoms with Crippen molar-refractivity contribution < 1.29 is 13.2 Å². The molecule has 0 radical (unpaired) electrons. The van der Waals surface area contributed by atoms with Crippen molar-refractivity contribution in [3.8, 4) is 0 Å². The smallest absolute Gasteiger partial charge is 0.247 e. The Balaban J connectivity index is 3.88. The molecule has 0 heterocycles. The summed E-state index contributed by atoms with van der Waals surface area (Å²) in [5, 5.41) is 0. The van der Waals surface area contributed by atoms with E-state index in [4.69, 9.17) is 0 Å². The Kier molecular flexibility index (Phi) is 2.52. The van der Waals surface area contributed by atoms with Gasteiger partial charge in [0.1, 0.15) is 6.17 Å². The Hall–Kier alpha value is -0.210. The molecule has 0 aliphatic heterocycles. The van der Waals surface area contributed by atoms with E-state index in [1.165, 1.54) is 6.92 Å². The van der Waals surface area contributed by atoms with Crippen LogP contribution in [0, 0.1) is 5.92 Å². The van der Waals surface area contributed by atoms with Crippen LogP contribution in [0.1, 0.15) is 20.8 Å². The third kappa shape index (κ3) is 2.72. The average molecular weight is 140 g/mol. The predicted molar refractivity (Wildman–Crippen MR) is 30.4 cm³/mol. The van der Waals surface area contributed by atoms with E-state index >= 15 is 0 Å². The van der Waals surface area contributed by atoms with Gasteiger partial charge in [0.15, 0.2) is 0 Å². The van der Waals surface area contributed by atoms with E-state index in [9.17, 15) is 13.2 Å². The fourth-order valence-electron chi connectivity index (χ4n) is 0.403. The number of hydrogen-bond acceptors (Lipinski definition) is 0. The molecule has 2 atom stereocenters. The van der Waals surface area contributed by atoms with Gasteiger partial charge in [0.2, 0.25) is 0 Å². The molecule has 2 unspecified atom stereocenters. The van der Waals surface area contributed by atoms with Gasteiger partial charge in [-0.25, -0.2) is 13.2 Å². The summed E-state index contributed by atoms with van der Waals surface area (Å²) in [6.45, 7) is 3.07. The zero-order chi connectivity index (χ0) is 7.65. The largest absolute Gasteiger partial charge is 0.250 e. The van der Waals surface area contributed by atoms with Gasteiger partial charge in [-0.1, -0.05) is 6.92 Å². The molecule has 0 saturated carbocycles. The second kappa shape index (κ2) is 2.58. The molecule has 0 nitrogen and oxygen atoms in total. The van der Waals surface area contributed by atoms with Crippen LogP contribution in [0.2, 0.25) is 0 Å². The molecule has 0 aliphatic rings. The lowest BCUT2D eigenvalue weighted by molar-refractivity contribution is -0.0578. The van der Waals surface area contributed by atoms with Crippen molar-refractivity contribution in [2.24, 2.45) is 5.92 Å². The lowest BCUT2D eigenvalue weighted by atomic mass is 10.0. The second-order valence-electron chi connectivity index (χ2n) is 2.42. The molecule has 0 spiro atoms. The standard InChI is InChI=1S/C6H11F3/c1-4(5(2)7)6(3,8)9/h4-5H,1-3H3. The van der Waals surface area contributed by atoms with Gasteiger partial charge >= 0.3 is 0 Å². The van der Waals surface area contributed by atoms with Crippen LogP contribution in [0.3, 0.4) is 0 Å². The highest BCUT2D eigenvalue weighted by Crippen LogP contribution is 2.27. The second-order valence-corrected chi connectivity index (χ2v) is 2.42. The van der Waals surface area contributed by atoms with E-state index < -0.39 is 18.0 Å². The maximum atomic E-state index is 12.1. The quantitative estimate of drug-likeness (QED) is 0.553. The molecule has 0 bridgehead atoms. The van der Waals surface area contributed by atoms with Gasteiger partial charge < -0.3 is 0 Å². The summed E-state index contributed by atoms with van der Waals surface area (Å²) in [5.41, 5.74) is 0. The van der Waals surface area contributed by atoms with Crippen LogP contribution in [0.25, 0.3) is 0 Å². The molecule has 9 heavy (non-hydrogen) atoms. The van der Waals surface area contributed by atoms with Crippen molar-refractivity contribution in [1.82, 2.24) is 0 Å². The molecule has 0 fully saturated rings. The Morgan fingerprint density at radius 2 is 1.56 bits per heavy atom. The number of rotatable bonds is 2. The number of alkyl halides is 3. The third-order valence-electron chi connectivity index (χ3n) is 1.49. The molecule has 3 heteroatoms. The third-order valence-corrected chi connectivity index (χ3v) is 1.49. The Bertz CT molecular complexity index is 82.8. The van der Waals surface area contributed by atoms with E-state index in [0.29, 0.717) is 0 Å². The molecular weight excluding hydrogens is 129 g/mol. The molecule has 0 saturated heterocycles. The van der Waals surface area contributed by atoms with E-state index in [-0.39, 0.29) is 0 Å². The van der Waals surface area contributed by atoms with E-state index in [1.807, 2.05) is 0 Å². The fourth-order valence-corrected chi connectivity index (χ4v) is 0.403. The van der Waals surface area contributed by atoms with Crippen LogP contribution in [0.4, 0.5) is 13.2 Å². The Morgan fingerprint density at radius 3 is 1.56 bits per heavy atom. The first kappa shape index (κ1) is 8.79. The normalized spacial score (nSPS) is 19.3. The molecule has 0 rings (SSSR count). The Labute approximate surface area is 53.1 Å². The van der Waals surface area contributed by atoms with Crippen molar-refractivity contribution in [2.75, 3.05) is 0 Å². The summed E-state index contributed by atoms with van der Waals surface area (Å²) in [5.74, 6) is -4.08. The zero-order valence-corrected chi connectivity index (χ0v) is 5.79.